The van der Waals surface area contributed by atoms with Gasteiger partial charge in [-0.3, -0.25) is 9.48 Å². The molecule has 8 nitrogen and oxygen atoms in total. The Kier molecular flexibility index (Phi) is 3.82. The number of anilines is 1. The van der Waals surface area contributed by atoms with Gasteiger partial charge in [0, 0.05) is 19.3 Å². The largest absolute Gasteiger partial charge is 0.479 e. The smallest absolute Gasteiger partial charge is 0.265 e. The van der Waals surface area contributed by atoms with Crippen LogP contribution in [0.4, 0.5) is 5.69 Å². The van der Waals surface area contributed by atoms with E-state index >= 15 is 0 Å². The van der Waals surface area contributed by atoms with E-state index in [1.54, 1.807) is 30.9 Å². The lowest BCUT2D eigenvalue weighted by Crippen LogP contribution is -2.34. The van der Waals surface area contributed by atoms with Gasteiger partial charge in [0.25, 0.3) is 5.91 Å². The van der Waals surface area contributed by atoms with Gasteiger partial charge in [-0.1, -0.05) is 0 Å². The van der Waals surface area contributed by atoms with Gasteiger partial charge in [0.2, 0.25) is 10.0 Å². The Morgan fingerprint density at radius 2 is 2.17 bits per heavy atom. The molecule has 1 atom stereocenters. The fourth-order valence-electron chi connectivity index (χ4n) is 2.16. The summed E-state index contributed by atoms with van der Waals surface area (Å²) in [5.74, 6) is 0.0687. The van der Waals surface area contributed by atoms with Crippen molar-refractivity contribution in [3.63, 3.8) is 0 Å². The number of aryl methyl sites for hydroxylation is 1. The molecular formula is C14H16N4O4S. The van der Waals surface area contributed by atoms with Crippen molar-refractivity contribution >= 4 is 21.6 Å². The predicted octanol–water partition coefficient (Wildman–Crippen LogP) is 0.618. The summed E-state index contributed by atoms with van der Waals surface area (Å²) in [7, 11) is -1.95. The maximum absolute atomic E-state index is 12.4. The number of sulfonamides is 1. The highest BCUT2D eigenvalue weighted by atomic mass is 32.2. The molecule has 0 saturated heterocycles. The molecule has 0 bridgehead atoms. The van der Waals surface area contributed by atoms with Crippen LogP contribution in [-0.2, 0) is 28.4 Å². The Hall–Kier alpha value is -2.39. The number of hydrogen-bond donors (Lipinski definition) is 2. The molecule has 0 fully saturated rings. The summed E-state index contributed by atoms with van der Waals surface area (Å²) in [5.41, 5.74) is 1.07. The van der Waals surface area contributed by atoms with E-state index < -0.39 is 16.1 Å². The quantitative estimate of drug-likeness (QED) is 0.852. The van der Waals surface area contributed by atoms with Crippen molar-refractivity contribution in [2.45, 2.75) is 24.5 Å². The van der Waals surface area contributed by atoms with Crippen LogP contribution < -0.4 is 14.8 Å². The zero-order valence-corrected chi connectivity index (χ0v) is 13.4. The van der Waals surface area contributed by atoms with Crippen molar-refractivity contribution in [3.05, 3.63) is 36.2 Å². The van der Waals surface area contributed by atoms with Gasteiger partial charge in [0.05, 0.1) is 22.8 Å². The van der Waals surface area contributed by atoms with E-state index in [1.807, 2.05) is 0 Å². The van der Waals surface area contributed by atoms with E-state index in [0.29, 0.717) is 17.1 Å². The summed E-state index contributed by atoms with van der Waals surface area (Å²) in [6.45, 7) is 1.69. The topological polar surface area (TPSA) is 102 Å². The first kappa shape index (κ1) is 15.5. The minimum absolute atomic E-state index is 0.0653. The van der Waals surface area contributed by atoms with Gasteiger partial charge in [-0.15, -0.1) is 0 Å². The molecule has 1 aliphatic heterocycles. The van der Waals surface area contributed by atoms with Gasteiger partial charge in [0.1, 0.15) is 5.75 Å². The Morgan fingerprint density at radius 3 is 2.87 bits per heavy atom. The lowest BCUT2D eigenvalue weighted by molar-refractivity contribution is -0.122. The highest BCUT2D eigenvalue weighted by molar-refractivity contribution is 7.89. The van der Waals surface area contributed by atoms with Gasteiger partial charge in [-0.2, -0.15) is 5.10 Å². The van der Waals surface area contributed by atoms with E-state index in [0.717, 1.165) is 0 Å². The summed E-state index contributed by atoms with van der Waals surface area (Å²) in [6.07, 6.45) is 1.07. The molecule has 1 aromatic heterocycles. The van der Waals surface area contributed by atoms with E-state index in [4.69, 9.17) is 4.74 Å². The fourth-order valence-corrected chi connectivity index (χ4v) is 3.17. The van der Waals surface area contributed by atoms with Crippen molar-refractivity contribution in [1.29, 1.82) is 0 Å². The predicted molar refractivity (Wildman–Crippen MR) is 82.4 cm³/mol. The third kappa shape index (κ3) is 3.20. The summed E-state index contributed by atoms with van der Waals surface area (Å²) in [6, 6.07) is 6.05. The molecule has 1 amide bonds. The van der Waals surface area contributed by atoms with Crippen LogP contribution >= 0.6 is 0 Å². The number of fused-ring (bicyclic) bond motifs is 1. The van der Waals surface area contributed by atoms with Crippen LogP contribution in [0.15, 0.2) is 35.4 Å². The molecule has 2 N–H and O–H groups in total. The molecule has 0 unspecified atom stereocenters. The molecule has 2 heterocycles. The van der Waals surface area contributed by atoms with Crippen molar-refractivity contribution in [2.75, 3.05) is 5.32 Å². The Bertz CT molecular complexity index is 859. The average molecular weight is 336 g/mol. The van der Waals surface area contributed by atoms with Gasteiger partial charge in [-0.05, 0) is 25.1 Å². The molecule has 23 heavy (non-hydrogen) atoms. The fraction of sp³-hybridized carbons (Fsp3) is 0.286. The molecule has 1 aliphatic rings. The Morgan fingerprint density at radius 1 is 1.39 bits per heavy atom. The summed E-state index contributed by atoms with van der Waals surface area (Å²) in [4.78, 5) is 11.6. The number of carbonyl (C=O) groups excluding carboxylic acids is 1. The molecule has 1 aromatic carbocycles. The van der Waals surface area contributed by atoms with E-state index in [-0.39, 0.29) is 17.3 Å². The number of rotatable bonds is 4. The van der Waals surface area contributed by atoms with Gasteiger partial charge in [-0.25, -0.2) is 13.1 Å². The molecule has 0 saturated carbocycles. The third-order valence-corrected chi connectivity index (χ3v) is 4.81. The molecule has 0 spiro atoms. The maximum Gasteiger partial charge on any atom is 0.265 e. The van der Waals surface area contributed by atoms with Crippen LogP contribution in [0.1, 0.15) is 12.6 Å². The van der Waals surface area contributed by atoms with Crippen LogP contribution in [-0.4, -0.2) is 30.2 Å². The van der Waals surface area contributed by atoms with E-state index in [2.05, 4.69) is 15.1 Å². The minimum Gasteiger partial charge on any atom is -0.479 e. The molecule has 3 rings (SSSR count). The number of nitrogens with zero attached hydrogens (tertiary/aromatic N) is 2. The number of benzene rings is 1. The average Bonchev–Trinajstić information content (AvgIpc) is 2.92. The number of aromatic nitrogens is 2. The molecule has 122 valence electrons. The Labute approximate surface area is 133 Å². The molecular weight excluding hydrogens is 320 g/mol. The highest BCUT2D eigenvalue weighted by Crippen LogP contribution is 2.31. The summed E-state index contributed by atoms with van der Waals surface area (Å²) >= 11 is 0. The summed E-state index contributed by atoms with van der Waals surface area (Å²) in [5, 5.41) is 6.77. The second kappa shape index (κ2) is 5.67. The summed E-state index contributed by atoms with van der Waals surface area (Å²) < 4.78 is 34.2. The van der Waals surface area contributed by atoms with Crippen LogP contribution in [0, 0.1) is 0 Å². The van der Waals surface area contributed by atoms with Crippen LogP contribution in [0.2, 0.25) is 0 Å². The number of carbonyl (C=O) groups is 1. The minimum atomic E-state index is -3.71. The number of ether oxygens (including phenoxy) is 1. The number of hydrogen-bond acceptors (Lipinski definition) is 5. The monoisotopic (exact) mass is 336 g/mol. The highest BCUT2D eigenvalue weighted by Gasteiger charge is 2.25. The Balaban J connectivity index is 1.80. The lowest BCUT2D eigenvalue weighted by Gasteiger charge is -2.23. The third-order valence-electron chi connectivity index (χ3n) is 3.41. The van der Waals surface area contributed by atoms with Gasteiger partial charge < -0.3 is 10.1 Å². The van der Waals surface area contributed by atoms with Crippen molar-refractivity contribution in [3.8, 4) is 5.75 Å². The van der Waals surface area contributed by atoms with E-state index in [9.17, 15) is 13.2 Å². The van der Waals surface area contributed by atoms with Crippen LogP contribution in [0.3, 0.4) is 0 Å². The number of nitrogens with one attached hydrogen (secondary N) is 2. The lowest BCUT2D eigenvalue weighted by atomic mass is 10.2. The van der Waals surface area contributed by atoms with Crippen molar-refractivity contribution in [2.24, 2.45) is 7.05 Å². The van der Waals surface area contributed by atoms with Crippen molar-refractivity contribution < 1.29 is 17.9 Å². The first-order valence-electron chi connectivity index (χ1n) is 6.95. The first-order valence-corrected chi connectivity index (χ1v) is 8.43. The second-order valence-corrected chi connectivity index (χ2v) is 6.98. The second-order valence-electron chi connectivity index (χ2n) is 5.21. The van der Waals surface area contributed by atoms with E-state index in [1.165, 1.54) is 18.2 Å². The molecule has 0 aliphatic carbocycles. The maximum atomic E-state index is 12.4. The molecule has 9 heteroatoms. The van der Waals surface area contributed by atoms with Crippen molar-refractivity contribution in [1.82, 2.24) is 14.5 Å². The number of amides is 1. The molecule has 2 aromatic rings. The van der Waals surface area contributed by atoms with Gasteiger partial charge in [0.15, 0.2) is 6.10 Å². The zero-order valence-electron chi connectivity index (χ0n) is 12.6. The van der Waals surface area contributed by atoms with Crippen LogP contribution in [0.5, 0.6) is 5.75 Å². The first-order chi connectivity index (χ1) is 10.8. The van der Waals surface area contributed by atoms with Crippen LogP contribution in [0.25, 0.3) is 0 Å². The standard InChI is InChI=1S/C14H16N4O4S/c1-9-14(19)16-12-4-3-11(7-13(12)22-9)23(20,21)15-8-10-5-6-18(2)17-10/h3-7,9,15H,8H2,1-2H3,(H,16,19)/t9-/m0/s1. The normalized spacial score (nSPS) is 17.3. The van der Waals surface area contributed by atoms with Gasteiger partial charge >= 0.3 is 0 Å². The molecule has 0 radical (unpaired) electrons. The zero-order chi connectivity index (χ0) is 16.6. The SMILES string of the molecule is C[C@@H]1Oc2cc(S(=O)(=O)NCc3ccn(C)n3)ccc2NC1=O.